The fourth-order valence-electron chi connectivity index (χ4n) is 0.406. The smallest absolute Gasteiger partial charge is 0.221 e. The Labute approximate surface area is 75.2 Å². The molecule has 0 saturated heterocycles. The topological polar surface area (TPSA) is 66.4 Å². The highest BCUT2D eigenvalue weighted by Crippen LogP contribution is 1.93. The second-order valence-electron chi connectivity index (χ2n) is 2.13. The Morgan fingerprint density at radius 2 is 2.18 bits per heavy atom. The van der Waals surface area contributed by atoms with Crippen molar-refractivity contribution in [1.82, 2.24) is 4.72 Å². The maximum Gasteiger partial charge on any atom is 0.221 e. The number of aliphatic hydroxyl groups is 1. The molecule has 68 valence electrons. The minimum absolute atomic E-state index is 0.0877. The molecular weight excluding hydrogens is 234 g/mol. The third kappa shape index (κ3) is 5.60. The van der Waals surface area contributed by atoms with Crippen molar-refractivity contribution >= 4 is 26.0 Å². The largest absolute Gasteiger partial charge is 0.392 e. The SMILES string of the molecule is CCC(O)CNS(=O)(=O)CBr. The second kappa shape index (κ2) is 5.08. The van der Waals surface area contributed by atoms with Gasteiger partial charge in [0.2, 0.25) is 10.0 Å². The first kappa shape index (κ1) is 11.4. The molecule has 0 heterocycles. The van der Waals surface area contributed by atoms with Crippen molar-refractivity contribution in [1.29, 1.82) is 0 Å². The van der Waals surface area contributed by atoms with Gasteiger partial charge < -0.3 is 5.11 Å². The summed E-state index contributed by atoms with van der Waals surface area (Å²) < 4.78 is 23.6. The highest BCUT2D eigenvalue weighted by Gasteiger charge is 2.08. The lowest BCUT2D eigenvalue weighted by Gasteiger charge is -2.07. The van der Waals surface area contributed by atoms with Crippen molar-refractivity contribution < 1.29 is 13.5 Å². The molecule has 0 saturated carbocycles. The molecule has 0 fully saturated rings. The van der Waals surface area contributed by atoms with Gasteiger partial charge in [-0.05, 0) is 6.42 Å². The molecule has 1 unspecified atom stereocenters. The molecule has 2 N–H and O–H groups in total. The van der Waals surface area contributed by atoms with Crippen LogP contribution in [0.15, 0.2) is 0 Å². The predicted octanol–water partition coefficient (Wildman–Crippen LogP) is 0.0291. The van der Waals surface area contributed by atoms with E-state index in [9.17, 15) is 8.42 Å². The summed E-state index contributed by atoms with van der Waals surface area (Å²) in [6.07, 6.45) is -0.0472. The average molecular weight is 246 g/mol. The van der Waals surface area contributed by atoms with Gasteiger partial charge in [-0.3, -0.25) is 0 Å². The summed E-state index contributed by atoms with van der Waals surface area (Å²) in [4.78, 5) is 0. The molecule has 0 aromatic heterocycles. The van der Waals surface area contributed by atoms with Crippen LogP contribution in [-0.2, 0) is 10.0 Å². The van der Waals surface area contributed by atoms with Crippen LogP contribution in [0.2, 0.25) is 0 Å². The number of halogens is 1. The molecule has 1 atom stereocenters. The lowest BCUT2D eigenvalue weighted by atomic mass is 10.3. The van der Waals surface area contributed by atoms with Crippen molar-refractivity contribution in [2.24, 2.45) is 0 Å². The highest BCUT2D eigenvalue weighted by atomic mass is 79.9. The van der Waals surface area contributed by atoms with Crippen LogP contribution < -0.4 is 4.72 Å². The van der Waals surface area contributed by atoms with Gasteiger partial charge in [0.15, 0.2) is 0 Å². The van der Waals surface area contributed by atoms with Crippen LogP contribution >= 0.6 is 15.9 Å². The van der Waals surface area contributed by atoms with Gasteiger partial charge in [-0.25, -0.2) is 13.1 Å². The maximum atomic E-state index is 10.8. The van der Waals surface area contributed by atoms with E-state index in [1.807, 2.05) is 0 Å². The first-order valence-corrected chi connectivity index (χ1v) is 6.00. The van der Waals surface area contributed by atoms with Gasteiger partial charge >= 0.3 is 0 Å². The molecule has 0 rings (SSSR count). The summed E-state index contributed by atoms with van der Waals surface area (Å²) in [6, 6.07) is 0. The lowest BCUT2D eigenvalue weighted by Crippen LogP contribution is -2.32. The number of sulfonamides is 1. The quantitative estimate of drug-likeness (QED) is 0.672. The zero-order valence-corrected chi connectivity index (χ0v) is 8.65. The van der Waals surface area contributed by atoms with Crippen LogP contribution in [0, 0.1) is 0 Å². The van der Waals surface area contributed by atoms with Crippen molar-refractivity contribution in [3.05, 3.63) is 0 Å². The fraction of sp³-hybridized carbons (Fsp3) is 1.00. The summed E-state index contributed by atoms with van der Waals surface area (Å²) in [5.74, 6) is 0. The zero-order valence-electron chi connectivity index (χ0n) is 6.25. The molecule has 0 aromatic rings. The summed E-state index contributed by atoms with van der Waals surface area (Å²) in [5, 5.41) is 8.97. The summed E-state index contributed by atoms with van der Waals surface area (Å²) >= 11 is 2.81. The Kier molecular flexibility index (Phi) is 5.24. The van der Waals surface area contributed by atoms with Crippen LogP contribution in [0.4, 0.5) is 0 Å². The minimum atomic E-state index is -3.22. The Morgan fingerprint density at radius 1 is 1.64 bits per heavy atom. The molecule has 0 radical (unpaired) electrons. The average Bonchev–Trinajstić information content (AvgIpc) is 2.00. The Bertz CT molecular complexity index is 192. The van der Waals surface area contributed by atoms with E-state index in [-0.39, 0.29) is 11.2 Å². The number of rotatable bonds is 5. The molecule has 0 spiro atoms. The third-order valence-electron chi connectivity index (χ3n) is 1.15. The Morgan fingerprint density at radius 3 is 2.55 bits per heavy atom. The van der Waals surface area contributed by atoms with E-state index >= 15 is 0 Å². The highest BCUT2D eigenvalue weighted by molar-refractivity contribution is 9.10. The summed E-state index contributed by atoms with van der Waals surface area (Å²) in [6.45, 7) is 1.87. The molecule has 4 nitrogen and oxygen atoms in total. The second-order valence-corrected chi connectivity index (χ2v) is 5.24. The number of hydrogen-bond acceptors (Lipinski definition) is 3. The van der Waals surface area contributed by atoms with Gasteiger partial charge in [-0.15, -0.1) is 0 Å². The summed E-state index contributed by atoms with van der Waals surface area (Å²) in [7, 11) is -3.22. The van der Waals surface area contributed by atoms with Gasteiger partial charge in [-0.2, -0.15) is 0 Å². The molecule has 0 bridgehead atoms. The van der Waals surface area contributed by atoms with Gasteiger partial charge in [0, 0.05) is 6.54 Å². The van der Waals surface area contributed by atoms with Crippen molar-refractivity contribution in [2.75, 3.05) is 11.2 Å². The Balaban J connectivity index is 3.71. The molecule has 11 heavy (non-hydrogen) atoms. The van der Waals surface area contributed by atoms with Crippen molar-refractivity contribution in [3.63, 3.8) is 0 Å². The van der Waals surface area contributed by atoms with E-state index in [4.69, 9.17) is 5.11 Å². The van der Waals surface area contributed by atoms with Crippen molar-refractivity contribution in [3.8, 4) is 0 Å². The zero-order chi connectivity index (χ0) is 8.91. The van der Waals surface area contributed by atoms with E-state index in [2.05, 4.69) is 20.7 Å². The molecule has 0 aliphatic carbocycles. The molecule has 0 amide bonds. The minimum Gasteiger partial charge on any atom is -0.392 e. The monoisotopic (exact) mass is 245 g/mol. The third-order valence-corrected chi connectivity index (χ3v) is 3.86. The van der Waals surface area contributed by atoms with Crippen LogP contribution in [0.1, 0.15) is 13.3 Å². The van der Waals surface area contributed by atoms with Crippen LogP contribution in [0.25, 0.3) is 0 Å². The van der Waals surface area contributed by atoms with Crippen LogP contribution in [-0.4, -0.2) is 30.8 Å². The van der Waals surface area contributed by atoms with E-state index < -0.39 is 16.1 Å². The Hall–Kier alpha value is 0.350. The fourth-order valence-corrected chi connectivity index (χ4v) is 1.42. The molecule has 0 aromatic carbocycles. The van der Waals surface area contributed by atoms with E-state index in [1.54, 1.807) is 6.92 Å². The van der Waals surface area contributed by atoms with Gasteiger partial charge in [-0.1, -0.05) is 22.9 Å². The normalized spacial score (nSPS) is 14.8. The molecule has 0 aliphatic heterocycles. The first-order valence-electron chi connectivity index (χ1n) is 3.23. The van der Waals surface area contributed by atoms with E-state index in [0.29, 0.717) is 6.42 Å². The molecule has 6 heteroatoms. The number of hydrogen-bond donors (Lipinski definition) is 2. The number of alkyl halides is 1. The first-order chi connectivity index (χ1) is 5.02. The van der Waals surface area contributed by atoms with Crippen LogP contribution in [0.5, 0.6) is 0 Å². The summed E-state index contributed by atoms with van der Waals surface area (Å²) in [5.41, 5.74) is 0. The van der Waals surface area contributed by atoms with Gasteiger partial charge in [0.1, 0.15) is 4.66 Å². The van der Waals surface area contributed by atoms with Gasteiger partial charge in [0.05, 0.1) is 6.10 Å². The molecule has 0 aliphatic rings. The standard InChI is InChI=1S/C5H12BrNO3S/c1-2-5(8)3-7-11(9,10)4-6/h5,7-8H,2-4H2,1H3. The number of aliphatic hydroxyl groups excluding tert-OH is 1. The number of nitrogens with one attached hydrogen (secondary N) is 1. The lowest BCUT2D eigenvalue weighted by molar-refractivity contribution is 0.174. The predicted molar refractivity (Wildman–Crippen MR) is 47.0 cm³/mol. The maximum absolute atomic E-state index is 10.8. The van der Waals surface area contributed by atoms with Crippen LogP contribution in [0.3, 0.4) is 0 Å². The van der Waals surface area contributed by atoms with E-state index in [1.165, 1.54) is 0 Å². The van der Waals surface area contributed by atoms with Crippen molar-refractivity contribution in [2.45, 2.75) is 19.4 Å². The van der Waals surface area contributed by atoms with Gasteiger partial charge in [0.25, 0.3) is 0 Å². The van der Waals surface area contributed by atoms with E-state index in [0.717, 1.165) is 0 Å². The molecular formula is C5H12BrNO3S.